The predicted molar refractivity (Wildman–Crippen MR) is 50.1 cm³/mol. The van der Waals surface area contributed by atoms with Crippen molar-refractivity contribution in [2.45, 2.75) is 46.6 Å². The van der Waals surface area contributed by atoms with Crippen LogP contribution in [-0.4, -0.2) is 11.8 Å². The second-order valence-corrected chi connectivity index (χ2v) is 4.09. The summed E-state index contributed by atoms with van der Waals surface area (Å²) in [7, 11) is 0. The van der Waals surface area contributed by atoms with E-state index in [-0.39, 0.29) is 0 Å². The molecule has 0 atom stereocenters. The first-order chi connectivity index (χ1) is 5.11. The van der Waals surface area contributed by atoms with Crippen LogP contribution in [0.3, 0.4) is 0 Å². The summed E-state index contributed by atoms with van der Waals surface area (Å²) in [5, 5.41) is 0. The molecule has 0 amide bonds. The maximum absolute atomic E-state index is 4.70. The van der Waals surface area contributed by atoms with Crippen LogP contribution in [0.15, 0.2) is 4.99 Å². The second kappa shape index (κ2) is 3.38. The van der Waals surface area contributed by atoms with Gasteiger partial charge in [-0.15, -0.1) is 0 Å². The van der Waals surface area contributed by atoms with Gasteiger partial charge in [-0.05, 0) is 24.7 Å². The largest absolute Gasteiger partial charge is 0.290 e. The van der Waals surface area contributed by atoms with Gasteiger partial charge in [-0.2, -0.15) is 0 Å². The molecule has 0 aromatic carbocycles. The van der Waals surface area contributed by atoms with Gasteiger partial charge >= 0.3 is 0 Å². The van der Waals surface area contributed by atoms with Crippen LogP contribution in [0.1, 0.15) is 40.5 Å². The highest BCUT2D eigenvalue weighted by molar-refractivity contribution is 5.88. The summed E-state index contributed by atoms with van der Waals surface area (Å²) >= 11 is 0. The highest BCUT2D eigenvalue weighted by Gasteiger charge is 2.22. The molecule has 0 radical (unpaired) electrons. The topological polar surface area (TPSA) is 12.4 Å². The summed E-state index contributed by atoms with van der Waals surface area (Å²) < 4.78 is 0. The van der Waals surface area contributed by atoms with Gasteiger partial charge in [-0.25, -0.2) is 0 Å². The molecule has 0 bridgehead atoms. The first-order valence-corrected chi connectivity index (χ1v) is 4.69. The lowest BCUT2D eigenvalue weighted by atomic mass is 9.97. The molecular weight excluding hydrogens is 134 g/mol. The van der Waals surface area contributed by atoms with Crippen molar-refractivity contribution in [1.82, 2.24) is 0 Å². The molecule has 0 saturated heterocycles. The van der Waals surface area contributed by atoms with Gasteiger partial charge in [-0.1, -0.05) is 27.7 Å². The van der Waals surface area contributed by atoms with Crippen LogP contribution >= 0.6 is 0 Å². The molecule has 1 aliphatic rings. The normalized spacial score (nSPS) is 17.6. The van der Waals surface area contributed by atoms with E-state index in [1.54, 1.807) is 0 Å². The standard InChI is InChI=1S/C10H19N/c1-7(2)10(8(3)4)11-9-5-6-9/h7-9H,5-6H2,1-4H3. The van der Waals surface area contributed by atoms with Crippen molar-refractivity contribution in [3.63, 3.8) is 0 Å². The smallest absolute Gasteiger partial charge is 0.0500 e. The van der Waals surface area contributed by atoms with E-state index in [2.05, 4.69) is 27.7 Å². The Morgan fingerprint density at radius 2 is 1.55 bits per heavy atom. The third kappa shape index (κ3) is 2.64. The van der Waals surface area contributed by atoms with E-state index in [0.717, 1.165) is 0 Å². The van der Waals surface area contributed by atoms with Crippen molar-refractivity contribution in [3.8, 4) is 0 Å². The lowest BCUT2D eigenvalue weighted by molar-refractivity contribution is 0.751. The van der Waals surface area contributed by atoms with E-state index in [4.69, 9.17) is 4.99 Å². The molecule has 0 unspecified atom stereocenters. The average molecular weight is 153 g/mol. The second-order valence-electron chi connectivity index (χ2n) is 4.09. The van der Waals surface area contributed by atoms with Crippen LogP contribution in [0.5, 0.6) is 0 Å². The van der Waals surface area contributed by atoms with Crippen molar-refractivity contribution >= 4 is 5.71 Å². The third-order valence-corrected chi connectivity index (χ3v) is 2.06. The fourth-order valence-corrected chi connectivity index (χ4v) is 1.38. The molecule has 64 valence electrons. The lowest BCUT2D eigenvalue weighted by Gasteiger charge is -2.13. The van der Waals surface area contributed by atoms with Gasteiger partial charge in [0.25, 0.3) is 0 Å². The molecule has 1 heteroatoms. The predicted octanol–water partition coefficient (Wildman–Crippen LogP) is 2.90. The minimum atomic E-state index is 0.635. The van der Waals surface area contributed by atoms with E-state index in [1.165, 1.54) is 18.6 Å². The van der Waals surface area contributed by atoms with Gasteiger partial charge in [0.2, 0.25) is 0 Å². The van der Waals surface area contributed by atoms with Crippen LogP contribution in [0, 0.1) is 11.8 Å². The molecule has 1 aliphatic carbocycles. The van der Waals surface area contributed by atoms with Crippen molar-refractivity contribution in [2.24, 2.45) is 16.8 Å². The summed E-state index contributed by atoms with van der Waals surface area (Å²) in [5.41, 5.74) is 1.41. The van der Waals surface area contributed by atoms with E-state index < -0.39 is 0 Å². The van der Waals surface area contributed by atoms with Crippen LogP contribution in [-0.2, 0) is 0 Å². The number of hydrogen-bond acceptors (Lipinski definition) is 1. The summed E-state index contributed by atoms with van der Waals surface area (Å²) in [6.45, 7) is 8.95. The van der Waals surface area contributed by atoms with Crippen LogP contribution < -0.4 is 0 Å². The average Bonchev–Trinajstić information content (AvgIpc) is 2.63. The Balaban J connectivity index is 2.56. The Morgan fingerprint density at radius 3 is 1.82 bits per heavy atom. The van der Waals surface area contributed by atoms with Gasteiger partial charge in [0.1, 0.15) is 0 Å². The first-order valence-electron chi connectivity index (χ1n) is 4.69. The van der Waals surface area contributed by atoms with Gasteiger partial charge in [0.15, 0.2) is 0 Å². The molecule has 0 N–H and O–H groups in total. The van der Waals surface area contributed by atoms with Crippen molar-refractivity contribution < 1.29 is 0 Å². The summed E-state index contributed by atoms with van der Waals surface area (Å²) in [4.78, 5) is 4.70. The Labute approximate surface area is 69.9 Å². The van der Waals surface area contributed by atoms with Gasteiger partial charge < -0.3 is 0 Å². The molecule has 0 aliphatic heterocycles. The van der Waals surface area contributed by atoms with Gasteiger partial charge in [0.05, 0.1) is 6.04 Å². The minimum absolute atomic E-state index is 0.635. The Kier molecular flexibility index (Phi) is 2.69. The van der Waals surface area contributed by atoms with Gasteiger partial charge in [-0.3, -0.25) is 4.99 Å². The Morgan fingerprint density at radius 1 is 1.09 bits per heavy atom. The molecule has 1 fully saturated rings. The summed E-state index contributed by atoms with van der Waals surface area (Å²) in [5.74, 6) is 1.27. The molecule has 1 rings (SSSR count). The Hall–Kier alpha value is -0.330. The molecule has 11 heavy (non-hydrogen) atoms. The number of aliphatic imine (C=N–C) groups is 1. The monoisotopic (exact) mass is 153 g/mol. The SMILES string of the molecule is CC(C)C(=NC1CC1)C(C)C. The number of hydrogen-bond donors (Lipinski definition) is 0. The zero-order chi connectivity index (χ0) is 8.43. The van der Waals surface area contributed by atoms with Crippen LogP contribution in [0.4, 0.5) is 0 Å². The van der Waals surface area contributed by atoms with E-state index in [1.807, 2.05) is 0 Å². The lowest BCUT2D eigenvalue weighted by Crippen LogP contribution is -2.15. The van der Waals surface area contributed by atoms with Crippen molar-refractivity contribution in [3.05, 3.63) is 0 Å². The maximum Gasteiger partial charge on any atom is 0.0500 e. The van der Waals surface area contributed by atoms with Gasteiger partial charge in [0, 0.05) is 5.71 Å². The van der Waals surface area contributed by atoms with E-state index in [0.29, 0.717) is 17.9 Å². The first kappa shape index (κ1) is 8.76. The summed E-state index contributed by atoms with van der Waals surface area (Å²) in [6.07, 6.45) is 2.64. The highest BCUT2D eigenvalue weighted by Crippen LogP contribution is 2.25. The van der Waals surface area contributed by atoms with Crippen molar-refractivity contribution in [2.75, 3.05) is 0 Å². The molecule has 0 spiro atoms. The maximum atomic E-state index is 4.70. The molecule has 0 aromatic heterocycles. The molecule has 1 saturated carbocycles. The fourth-order valence-electron chi connectivity index (χ4n) is 1.38. The Bertz CT molecular complexity index is 142. The number of rotatable bonds is 3. The van der Waals surface area contributed by atoms with E-state index in [9.17, 15) is 0 Å². The van der Waals surface area contributed by atoms with E-state index >= 15 is 0 Å². The minimum Gasteiger partial charge on any atom is -0.290 e. The number of nitrogens with zero attached hydrogens (tertiary/aromatic N) is 1. The molecule has 0 heterocycles. The van der Waals surface area contributed by atoms with Crippen molar-refractivity contribution in [1.29, 1.82) is 0 Å². The molecule has 1 nitrogen and oxygen atoms in total. The third-order valence-electron chi connectivity index (χ3n) is 2.06. The molecule has 0 aromatic rings. The van der Waals surface area contributed by atoms with Crippen LogP contribution in [0.25, 0.3) is 0 Å². The van der Waals surface area contributed by atoms with Crippen LogP contribution in [0.2, 0.25) is 0 Å². The molecular formula is C10H19N. The summed E-state index contributed by atoms with van der Waals surface area (Å²) in [6, 6.07) is 0.690. The quantitative estimate of drug-likeness (QED) is 0.553. The zero-order valence-corrected chi connectivity index (χ0v) is 8.09. The fraction of sp³-hybridized carbons (Fsp3) is 0.900. The zero-order valence-electron chi connectivity index (χ0n) is 8.09. The highest BCUT2D eigenvalue weighted by atomic mass is 14.8.